The fourth-order valence-corrected chi connectivity index (χ4v) is 2.16. The molecule has 1 unspecified atom stereocenters. The van der Waals surface area contributed by atoms with Crippen molar-refractivity contribution < 1.29 is 19.8 Å². The highest BCUT2D eigenvalue weighted by Crippen LogP contribution is 2.10. The summed E-state index contributed by atoms with van der Waals surface area (Å²) in [5.41, 5.74) is 0. The third-order valence-electron chi connectivity index (χ3n) is 3.39. The van der Waals surface area contributed by atoms with Gasteiger partial charge in [0.25, 0.3) is 0 Å². The maximum atomic E-state index is 11.2. The van der Waals surface area contributed by atoms with Crippen LogP contribution in [0.4, 0.5) is 0 Å². The predicted octanol–water partition coefficient (Wildman–Crippen LogP) is 1.86. The average Bonchev–Trinajstić information content (AvgIpc) is 2.39. The molecule has 0 rings (SSSR count). The Kier molecular flexibility index (Phi) is 11.3. The van der Waals surface area contributed by atoms with Crippen molar-refractivity contribution in [1.82, 2.24) is 4.90 Å². The number of carbonyl (C=O) groups is 2. The zero-order valence-electron chi connectivity index (χ0n) is 12.8. The molecule has 2 amide bonds. The molecule has 0 bridgehead atoms. The number of aliphatic hydroxyl groups is 2. The van der Waals surface area contributed by atoms with E-state index in [9.17, 15) is 9.59 Å². The first-order valence-electron chi connectivity index (χ1n) is 7.56. The van der Waals surface area contributed by atoms with E-state index in [0.717, 1.165) is 44.9 Å². The summed E-state index contributed by atoms with van der Waals surface area (Å²) in [6.45, 7) is 3.21. The quantitative estimate of drug-likeness (QED) is 0.569. The first-order valence-corrected chi connectivity index (χ1v) is 7.56. The van der Waals surface area contributed by atoms with Crippen LogP contribution in [0.3, 0.4) is 0 Å². The molecule has 1 atom stereocenters. The first kappa shape index (κ1) is 19.1. The van der Waals surface area contributed by atoms with Gasteiger partial charge in [0.1, 0.15) is 0 Å². The lowest BCUT2D eigenvalue weighted by molar-refractivity contribution is -0.142. The summed E-state index contributed by atoms with van der Waals surface area (Å²) < 4.78 is 0. The third kappa shape index (κ3) is 9.92. The Labute approximate surface area is 122 Å². The zero-order chi connectivity index (χ0) is 15.4. The fourth-order valence-electron chi connectivity index (χ4n) is 2.16. The lowest BCUT2D eigenvalue weighted by atomic mass is 10.1. The van der Waals surface area contributed by atoms with Crippen molar-refractivity contribution in [3.05, 3.63) is 0 Å². The summed E-state index contributed by atoms with van der Waals surface area (Å²) >= 11 is 0. The molecule has 0 radical (unpaired) electrons. The number of hydrogen-bond acceptors (Lipinski definition) is 4. The molecule has 0 aliphatic heterocycles. The van der Waals surface area contributed by atoms with E-state index in [2.05, 4.69) is 0 Å². The van der Waals surface area contributed by atoms with Crippen molar-refractivity contribution in [2.24, 2.45) is 0 Å². The number of imide groups is 1. The maximum Gasteiger partial charge on any atom is 0.226 e. The minimum Gasteiger partial charge on any atom is -0.394 e. The molecule has 0 saturated heterocycles. The average molecular weight is 287 g/mol. The maximum absolute atomic E-state index is 11.2. The van der Waals surface area contributed by atoms with E-state index in [4.69, 9.17) is 10.2 Å². The van der Waals surface area contributed by atoms with Gasteiger partial charge in [0.15, 0.2) is 0 Å². The molecule has 0 aromatic rings. The molecule has 0 fully saturated rings. The summed E-state index contributed by atoms with van der Waals surface area (Å²) in [6, 6.07) is 0. The standard InChI is InChI=1S/C15H29NO4/c1-13(18)16(14(2)19)11-9-7-5-3-4-6-8-10-15(20)12-17/h15,17,20H,3-12H2,1-2H3. The molecule has 0 heterocycles. The second-order valence-corrected chi connectivity index (χ2v) is 5.29. The van der Waals surface area contributed by atoms with Crippen molar-refractivity contribution in [1.29, 1.82) is 0 Å². The van der Waals surface area contributed by atoms with Gasteiger partial charge in [-0.25, -0.2) is 0 Å². The molecule has 2 N–H and O–H groups in total. The number of hydrogen-bond donors (Lipinski definition) is 2. The summed E-state index contributed by atoms with van der Waals surface area (Å²) in [5, 5.41) is 17.8. The minimum absolute atomic E-state index is 0.150. The molecule has 0 aromatic carbocycles. The molecule has 0 aliphatic rings. The van der Waals surface area contributed by atoms with Crippen molar-refractivity contribution in [3.63, 3.8) is 0 Å². The Bertz CT molecular complexity index is 267. The van der Waals surface area contributed by atoms with Gasteiger partial charge in [-0.05, 0) is 12.8 Å². The molecule has 20 heavy (non-hydrogen) atoms. The van der Waals surface area contributed by atoms with Crippen LogP contribution in [0, 0.1) is 0 Å². The van der Waals surface area contributed by atoms with Crippen molar-refractivity contribution in [2.45, 2.75) is 71.3 Å². The van der Waals surface area contributed by atoms with E-state index in [-0.39, 0.29) is 18.4 Å². The Morgan fingerprint density at radius 1 is 0.900 bits per heavy atom. The van der Waals surface area contributed by atoms with Gasteiger partial charge in [-0.15, -0.1) is 0 Å². The van der Waals surface area contributed by atoms with Gasteiger partial charge in [0, 0.05) is 20.4 Å². The SMILES string of the molecule is CC(=O)N(CCCCCCCCCC(O)CO)C(C)=O. The number of rotatable bonds is 11. The number of aliphatic hydroxyl groups excluding tert-OH is 2. The number of amides is 2. The van der Waals surface area contributed by atoms with Crippen LogP contribution in [0.2, 0.25) is 0 Å². The topological polar surface area (TPSA) is 77.8 Å². The van der Waals surface area contributed by atoms with Crippen LogP contribution in [0.5, 0.6) is 0 Å². The lowest BCUT2D eigenvalue weighted by Gasteiger charge is -2.16. The fraction of sp³-hybridized carbons (Fsp3) is 0.867. The van der Waals surface area contributed by atoms with Crippen LogP contribution >= 0.6 is 0 Å². The summed E-state index contributed by atoms with van der Waals surface area (Å²) in [5.74, 6) is -0.361. The highest BCUT2D eigenvalue weighted by Gasteiger charge is 2.12. The Hall–Kier alpha value is -0.940. The molecule has 5 nitrogen and oxygen atoms in total. The van der Waals surface area contributed by atoms with E-state index < -0.39 is 6.10 Å². The van der Waals surface area contributed by atoms with E-state index in [0.29, 0.717) is 13.0 Å². The minimum atomic E-state index is -0.570. The van der Waals surface area contributed by atoms with Gasteiger partial charge < -0.3 is 10.2 Å². The van der Waals surface area contributed by atoms with Gasteiger partial charge in [0.2, 0.25) is 11.8 Å². The second-order valence-electron chi connectivity index (χ2n) is 5.29. The van der Waals surface area contributed by atoms with Gasteiger partial charge in [-0.2, -0.15) is 0 Å². The van der Waals surface area contributed by atoms with Crippen molar-refractivity contribution >= 4 is 11.8 Å². The Morgan fingerprint density at radius 2 is 1.35 bits per heavy atom. The van der Waals surface area contributed by atoms with Crippen LogP contribution in [0.25, 0.3) is 0 Å². The van der Waals surface area contributed by atoms with Gasteiger partial charge in [0.05, 0.1) is 12.7 Å². The van der Waals surface area contributed by atoms with Crippen LogP contribution in [0.1, 0.15) is 65.2 Å². The summed E-state index contributed by atoms with van der Waals surface area (Å²) in [4.78, 5) is 23.6. The summed E-state index contributed by atoms with van der Waals surface area (Å²) in [7, 11) is 0. The molecule has 5 heteroatoms. The zero-order valence-corrected chi connectivity index (χ0v) is 12.8. The Morgan fingerprint density at radius 3 is 1.80 bits per heavy atom. The molecule has 0 aliphatic carbocycles. The van der Waals surface area contributed by atoms with E-state index in [1.165, 1.54) is 18.7 Å². The van der Waals surface area contributed by atoms with Crippen molar-refractivity contribution in [3.8, 4) is 0 Å². The van der Waals surface area contributed by atoms with Gasteiger partial charge >= 0.3 is 0 Å². The smallest absolute Gasteiger partial charge is 0.226 e. The van der Waals surface area contributed by atoms with Crippen LogP contribution in [0.15, 0.2) is 0 Å². The van der Waals surface area contributed by atoms with E-state index >= 15 is 0 Å². The number of nitrogens with zero attached hydrogens (tertiary/aromatic N) is 1. The highest BCUT2D eigenvalue weighted by molar-refractivity contribution is 5.92. The molecular weight excluding hydrogens is 258 g/mol. The van der Waals surface area contributed by atoms with E-state index in [1.54, 1.807) is 0 Å². The summed E-state index contributed by atoms with van der Waals surface area (Å²) in [6.07, 6.45) is 7.37. The highest BCUT2D eigenvalue weighted by atomic mass is 16.3. The van der Waals surface area contributed by atoms with Crippen LogP contribution in [-0.4, -0.2) is 46.2 Å². The van der Waals surface area contributed by atoms with Gasteiger partial charge in [-0.1, -0.05) is 38.5 Å². The molecule has 118 valence electrons. The van der Waals surface area contributed by atoms with Crippen LogP contribution in [-0.2, 0) is 9.59 Å². The van der Waals surface area contributed by atoms with Crippen LogP contribution < -0.4 is 0 Å². The molecule has 0 aromatic heterocycles. The lowest BCUT2D eigenvalue weighted by Crippen LogP contribution is -2.34. The molecule has 0 saturated carbocycles. The second kappa shape index (κ2) is 11.9. The third-order valence-corrected chi connectivity index (χ3v) is 3.39. The van der Waals surface area contributed by atoms with Gasteiger partial charge in [-0.3, -0.25) is 14.5 Å². The van der Waals surface area contributed by atoms with E-state index in [1.807, 2.05) is 0 Å². The Balaban J connectivity index is 3.40. The molecule has 0 spiro atoms. The normalized spacial score (nSPS) is 12.2. The largest absolute Gasteiger partial charge is 0.394 e. The molecular formula is C15H29NO4. The number of unbranched alkanes of at least 4 members (excludes halogenated alkanes) is 6. The number of carbonyl (C=O) groups excluding carboxylic acids is 2. The first-order chi connectivity index (χ1) is 9.49. The monoisotopic (exact) mass is 287 g/mol. The predicted molar refractivity (Wildman–Crippen MR) is 78.1 cm³/mol. The van der Waals surface area contributed by atoms with Crippen molar-refractivity contribution in [2.75, 3.05) is 13.2 Å².